The predicted molar refractivity (Wildman–Crippen MR) is 89.6 cm³/mol. The predicted octanol–water partition coefficient (Wildman–Crippen LogP) is 3.82. The number of nitrogens with zero attached hydrogens (tertiary/aromatic N) is 3. The van der Waals surface area contributed by atoms with Crippen molar-refractivity contribution >= 4 is 17.4 Å². The highest BCUT2D eigenvalue weighted by Crippen LogP contribution is 2.27. The van der Waals surface area contributed by atoms with E-state index < -0.39 is 0 Å². The minimum atomic E-state index is 0.691. The van der Waals surface area contributed by atoms with Gasteiger partial charge in [-0.3, -0.25) is 0 Å². The van der Waals surface area contributed by atoms with Gasteiger partial charge in [-0.1, -0.05) is 31.4 Å². The number of likely N-dealkylation sites (tertiary alicyclic amines) is 1. The topological polar surface area (TPSA) is 28.0 Å². The molecule has 0 saturated carbocycles. The lowest BCUT2D eigenvalue weighted by Crippen LogP contribution is -2.30. The van der Waals surface area contributed by atoms with Crippen LogP contribution in [0.3, 0.4) is 0 Å². The van der Waals surface area contributed by atoms with Crippen LogP contribution in [-0.4, -0.2) is 29.7 Å². The number of fused-ring (bicyclic) bond motifs is 1. The first-order valence-electron chi connectivity index (χ1n) is 7.50. The summed E-state index contributed by atoms with van der Waals surface area (Å²) in [4.78, 5) is 11.9. The van der Waals surface area contributed by atoms with Crippen molar-refractivity contribution in [1.29, 1.82) is 0 Å². The molecule has 3 nitrogen and oxygen atoms in total. The third kappa shape index (κ3) is 2.82. The molecule has 3 rings (SSSR count). The van der Waals surface area contributed by atoms with Gasteiger partial charge in [0.2, 0.25) is 0 Å². The monoisotopic (exact) mass is 279 g/mol. The number of rotatable bonds is 2. The molecule has 1 aromatic rings. The van der Waals surface area contributed by atoms with Crippen molar-refractivity contribution in [3.63, 3.8) is 0 Å². The van der Waals surface area contributed by atoms with Gasteiger partial charge in [-0.25, -0.2) is 9.98 Å². The summed E-state index contributed by atoms with van der Waals surface area (Å²) in [5.41, 5.74) is 4.23. The average Bonchev–Trinajstić information content (AvgIpc) is 2.94. The molecule has 0 amide bonds. The van der Waals surface area contributed by atoms with E-state index in [-0.39, 0.29) is 0 Å². The van der Waals surface area contributed by atoms with E-state index in [1.165, 1.54) is 24.0 Å². The molecular weight excluding hydrogens is 258 g/mol. The molecule has 0 aromatic heterocycles. The van der Waals surface area contributed by atoms with Crippen LogP contribution >= 0.6 is 0 Å². The number of benzene rings is 1. The number of amidine groups is 2. The van der Waals surface area contributed by atoms with Crippen molar-refractivity contribution < 1.29 is 0 Å². The quantitative estimate of drug-likeness (QED) is 0.756. The Labute approximate surface area is 126 Å². The first-order chi connectivity index (χ1) is 10.2. The zero-order chi connectivity index (χ0) is 14.8. The van der Waals surface area contributed by atoms with Gasteiger partial charge >= 0.3 is 0 Å². The van der Waals surface area contributed by atoms with Gasteiger partial charge in [-0.15, -0.1) is 0 Å². The second-order valence-corrected chi connectivity index (χ2v) is 5.70. The molecule has 1 aromatic carbocycles. The van der Waals surface area contributed by atoms with E-state index in [0.29, 0.717) is 5.84 Å². The van der Waals surface area contributed by atoms with Crippen molar-refractivity contribution in [2.45, 2.75) is 26.2 Å². The van der Waals surface area contributed by atoms with Gasteiger partial charge in [0.1, 0.15) is 5.84 Å². The van der Waals surface area contributed by atoms with Gasteiger partial charge in [-0.2, -0.15) is 0 Å². The maximum Gasteiger partial charge on any atom is 0.161 e. The molecule has 0 N–H and O–H groups in total. The van der Waals surface area contributed by atoms with Gasteiger partial charge in [0.25, 0.3) is 0 Å². The Kier molecular flexibility index (Phi) is 3.74. The second kappa shape index (κ2) is 5.68. The van der Waals surface area contributed by atoms with Crippen LogP contribution in [0.15, 0.2) is 53.0 Å². The molecule has 0 spiro atoms. The summed E-state index contributed by atoms with van der Waals surface area (Å²) in [5, 5.41) is 0. The summed E-state index contributed by atoms with van der Waals surface area (Å²) in [5.74, 6) is 1.80. The Morgan fingerprint density at radius 3 is 2.71 bits per heavy atom. The van der Waals surface area contributed by atoms with Crippen LogP contribution in [0.2, 0.25) is 0 Å². The molecule has 3 heteroatoms. The normalized spacial score (nSPS) is 17.7. The summed E-state index contributed by atoms with van der Waals surface area (Å²) < 4.78 is 0. The van der Waals surface area contributed by atoms with Crippen LogP contribution in [0.1, 0.15) is 24.0 Å². The lowest BCUT2D eigenvalue weighted by Gasteiger charge is -2.19. The number of hydrogen-bond donors (Lipinski definition) is 0. The summed E-state index contributed by atoms with van der Waals surface area (Å²) in [7, 11) is 0. The van der Waals surface area contributed by atoms with E-state index in [2.05, 4.69) is 43.2 Å². The van der Waals surface area contributed by atoms with Crippen molar-refractivity contribution in [2.75, 3.05) is 13.1 Å². The van der Waals surface area contributed by atoms with Crippen LogP contribution in [0, 0.1) is 6.92 Å². The van der Waals surface area contributed by atoms with Gasteiger partial charge < -0.3 is 4.90 Å². The van der Waals surface area contributed by atoms with E-state index in [1.807, 2.05) is 0 Å². The van der Waals surface area contributed by atoms with Gasteiger partial charge in [0, 0.05) is 25.1 Å². The minimum absolute atomic E-state index is 0.691. The van der Waals surface area contributed by atoms with Gasteiger partial charge in [0.05, 0.1) is 5.69 Å². The fourth-order valence-corrected chi connectivity index (χ4v) is 2.79. The molecule has 2 aliphatic heterocycles. The summed E-state index contributed by atoms with van der Waals surface area (Å²) in [6.07, 6.45) is 5.06. The highest BCUT2D eigenvalue weighted by molar-refractivity contribution is 6.10. The molecular formula is C18H21N3. The maximum atomic E-state index is 4.79. The molecule has 108 valence electrons. The van der Waals surface area contributed by atoms with Crippen molar-refractivity contribution in [3.8, 4) is 0 Å². The highest BCUT2D eigenvalue weighted by Gasteiger charge is 2.21. The van der Waals surface area contributed by atoms with Gasteiger partial charge in [-0.05, 0) is 37.0 Å². The van der Waals surface area contributed by atoms with E-state index in [4.69, 9.17) is 9.98 Å². The Morgan fingerprint density at radius 2 is 2.00 bits per heavy atom. The van der Waals surface area contributed by atoms with Gasteiger partial charge in [0.15, 0.2) is 5.84 Å². The molecule has 0 unspecified atom stereocenters. The molecule has 0 bridgehead atoms. The molecule has 2 aliphatic rings. The van der Waals surface area contributed by atoms with E-state index in [0.717, 1.165) is 36.6 Å². The number of aryl methyl sites for hydroxylation is 1. The molecule has 0 atom stereocenters. The Hall–Kier alpha value is -2.16. The van der Waals surface area contributed by atoms with Crippen LogP contribution in [0.5, 0.6) is 0 Å². The van der Waals surface area contributed by atoms with E-state index in [1.54, 1.807) is 6.08 Å². The average molecular weight is 279 g/mol. The standard InChI is InChI=1S/C18H21N3/c1-4-14(3)18-19-16-11-13(2)7-8-15(16)12-17(20-18)21-9-5-6-10-21/h4,7-8,11H,1,3,5-6,9-10,12H2,2H3. The van der Waals surface area contributed by atoms with E-state index >= 15 is 0 Å². The summed E-state index contributed by atoms with van der Waals surface area (Å²) >= 11 is 0. The smallest absolute Gasteiger partial charge is 0.161 e. The summed E-state index contributed by atoms with van der Waals surface area (Å²) in [6.45, 7) is 12.1. The largest absolute Gasteiger partial charge is 0.360 e. The molecule has 1 fully saturated rings. The Balaban J connectivity index is 2.06. The zero-order valence-corrected chi connectivity index (χ0v) is 12.6. The SMILES string of the molecule is C=CC(=C)C1=Nc2cc(C)ccc2CC(N2CCCC2)=N1. The molecule has 2 heterocycles. The third-order valence-corrected chi connectivity index (χ3v) is 4.06. The minimum Gasteiger partial charge on any atom is -0.360 e. The lowest BCUT2D eigenvalue weighted by molar-refractivity contribution is 0.511. The molecule has 21 heavy (non-hydrogen) atoms. The third-order valence-electron chi connectivity index (χ3n) is 4.06. The lowest BCUT2D eigenvalue weighted by atomic mass is 10.1. The number of hydrogen-bond acceptors (Lipinski definition) is 3. The Morgan fingerprint density at radius 1 is 1.24 bits per heavy atom. The first-order valence-corrected chi connectivity index (χ1v) is 7.50. The number of aliphatic imine (C=N–C) groups is 2. The van der Waals surface area contributed by atoms with E-state index in [9.17, 15) is 0 Å². The maximum absolute atomic E-state index is 4.79. The fourth-order valence-electron chi connectivity index (χ4n) is 2.79. The van der Waals surface area contributed by atoms with Crippen molar-refractivity contribution in [2.24, 2.45) is 9.98 Å². The highest BCUT2D eigenvalue weighted by atomic mass is 15.2. The molecule has 1 saturated heterocycles. The van der Waals surface area contributed by atoms with Crippen LogP contribution in [0.4, 0.5) is 5.69 Å². The molecule has 0 aliphatic carbocycles. The van der Waals surface area contributed by atoms with Crippen LogP contribution in [-0.2, 0) is 6.42 Å². The second-order valence-electron chi connectivity index (χ2n) is 5.70. The zero-order valence-electron chi connectivity index (χ0n) is 12.6. The van der Waals surface area contributed by atoms with Crippen molar-refractivity contribution in [3.05, 3.63) is 54.1 Å². The fraction of sp³-hybridized carbons (Fsp3) is 0.333. The summed E-state index contributed by atoms with van der Waals surface area (Å²) in [6, 6.07) is 6.43. The Bertz CT molecular complexity index is 646. The molecule has 0 radical (unpaired) electrons. The van der Waals surface area contributed by atoms with Crippen LogP contribution < -0.4 is 0 Å². The first kappa shape index (κ1) is 13.8. The van der Waals surface area contributed by atoms with Crippen molar-refractivity contribution in [1.82, 2.24) is 4.90 Å². The van der Waals surface area contributed by atoms with Crippen LogP contribution in [0.25, 0.3) is 0 Å².